The Labute approximate surface area is 248 Å². The van der Waals surface area contributed by atoms with Crippen molar-refractivity contribution in [2.75, 3.05) is 6.61 Å². The molecule has 1 aromatic heterocycles. The predicted molar refractivity (Wildman–Crippen MR) is 140 cm³/mol. The van der Waals surface area contributed by atoms with Crippen LogP contribution in [-0.2, 0) is 20.9 Å². The number of hydrogen-bond donors (Lipinski definition) is 2. The van der Waals surface area contributed by atoms with E-state index in [1.165, 1.54) is 19.2 Å². The zero-order valence-corrected chi connectivity index (χ0v) is 24.0. The molecule has 0 unspecified atom stereocenters. The molecule has 3 rings (SSSR count). The van der Waals surface area contributed by atoms with Gasteiger partial charge in [0.1, 0.15) is 17.2 Å². The summed E-state index contributed by atoms with van der Waals surface area (Å²) >= 11 is 5.86. The topological polar surface area (TPSA) is 105 Å². The summed E-state index contributed by atoms with van der Waals surface area (Å²) in [5.41, 5.74) is 0.159. The molecule has 0 atom stereocenters. The molecule has 0 fully saturated rings. The van der Waals surface area contributed by atoms with Crippen LogP contribution in [0, 0.1) is 17.7 Å². The number of H-pyrrole nitrogens is 1. The van der Waals surface area contributed by atoms with Crippen molar-refractivity contribution in [2.24, 2.45) is 0 Å². The van der Waals surface area contributed by atoms with Gasteiger partial charge in [0.15, 0.2) is 6.61 Å². The molecule has 7 nitrogen and oxygen atoms in total. The standard InChI is InChI=1S/C28H26ClFN2O5.Na.H/c1-18(33)6-3-2-4-8-25(34)37-13-5-7-20-14-22-26(24(30)15-20)31-17-23(27(22)35)28(36)32-16-19-9-11-21(29)12-10-19;;/h9-12,14-15,17H,2-4,6,8,13,16H2,1H3,(H,31,35)(H,32,36);;/q;+1;-1. The van der Waals surface area contributed by atoms with E-state index in [1.54, 1.807) is 24.3 Å². The van der Waals surface area contributed by atoms with E-state index in [0.29, 0.717) is 17.9 Å². The van der Waals surface area contributed by atoms with Crippen LogP contribution in [0.1, 0.15) is 61.9 Å². The number of hydrogen-bond acceptors (Lipinski definition) is 5. The predicted octanol–water partition coefficient (Wildman–Crippen LogP) is 1.80. The Morgan fingerprint density at radius 1 is 1.11 bits per heavy atom. The number of rotatable bonds is 10. The molecule has 0 saturated heterocycles. The van der Waals surface area contributed by atoms with Crippen LogP contribution in [0.3, 0.4) is 0 Å². The van der Waals surface area contributed by atoms with Gasteiger partial charge >= 0.3 is 35.5 Å². The number of esters is 1. The molecule has 0 radical (unpaired) electrons. The molecule has 0 saturated carbocycles. The first kappa shape index (κ1) is 31.3. The number of pyridine rings is 1. The van der Waals surface area contributed by atoms with E-state index in [9.17, 15) is 23.6 Å². The van der Waals surface area contributed by atoms with Crippen LogP contribution in [0.2, 0.25) is 5.02 Å². The number of unbranched alkanes of at least 4 members (excludes halogenated alkanes) is 2. The molecule has 194 valence electrons. The van der Waals surface area contributed by atoms with Crippen LogP contribution in [0.25, 0.3) is 10.9 Å². The summed E-state index contributed by atoms with van der Waals surface area (Å²) in [5, 5.41) is 3.21. The number of Topliss-reactive ketones (excluding diaryl/α,β-unsaturated/α-hetero) is 1. The molecule has 0 aliphatic carbocycles. The summed E-state index contributed by atoms with van der Waals surface area (Å²) in [6.45, 7) is 1.53. The van der Waals surface area contributed by atoms with Gasteiger partial charge in [-0.1, -0.05) is 42.0 Å². The zero-order chi connectivity index (χ0) is 26.8. The second-order valence-corrected chi connectivity index (χ2v) is 8.88. The van der Waals surface area contributed by atoms with E-state index in [0.717, 1.165) is 24.5 Å². The van der Waals surface area contributed by atoms with E-state index in [2.05, 4.69) is 22.1 Å². The summed E-state index contributed by atoms with van der Waals surface area (Å²) in [5.74, 6) is 3.72. The molecule has 3 aromatic rings. The zero-order valence-electron chi connectivity index (χ0n) is 22.3. The van der Waals surface area contributed by atoms with Crippen molar-refractivity contribution < 1.29 is 54.5 Å². The molecule has 2 aromatic carbocycles. The summed E-state index contributed by atoms with van der Waals surface area (Å²) < 4.78 is 19.6. The third-order valence-corrected chi connectivity index (χ3v) is 5.75. The summed E-state index contributed by atoms with van der Waals surface area (Å²) in [6, 6.07) is 9.43. The van der Waals surface area contributed by atoms with E-state index < -0.39 is 23.1 Å². The van der Waals surface area contributed by atoms with E-state index in [4.69, 9.17) is 16.3 Å². The maximum atomic E-state index is 14.6. The van der Waals surface area contributed by atoms with Crippen molar-refractivity contribution in [3.8, 4) is 11.8 Å². The van der Waals surface area contributed by atoms with Crippen LogP contribution in [0.4, 0.5) is 4.39 Å². The Bertz CT molecular complexity index is 1430. The number of aromatic amines is 1. The van der Waals surface area contributed by atoms with Crippen molar-refractivity contribution in [2.45, 2.75) is 45.6 Å². The summed E-state index contributed by atoms with van der Waals surface area (Å²) in [4.78, 5) is 50.9. The van der Waals surface area contributed by atoms with Crippen molar-refractivity contribution in [1.29, 1.82) is 0 Å². The van der Waals surface area contributed by atoms with Gasteiger partial charge in [-0.05, 0) is 49.6 Å². The van der Waals surface area contributed by atoms with Gasteiger partial charge in [0.2, 0.25) is 5.43 Å². The number of halogens is 2. The number of fused-ring (bicyclic) bond motifs is 1. The van der Waals surface area contributed by atoms with Crippen molar-refractivity contribution in [3.63, 3.8) is 0 Å². The van der Waals surface area contributed by atoms with Crippen LogP contribution < -0.4 is 40.3 Å². The van der Waals surface area contributed by atoms with Gasteiger partial charge in [0.05, 0.1) is 10.9 Å². The molecule has 0 bridgehead atoms. The minimum atomic E-state index is -0.699. The van der Waals surface area contributed by atoms with Crippen molar-refractivity contribution in [1.82, 2.24) is 10.3 Å². The average molecular weight is 549 g/mol. The number of ether oxygens (including phenoxy) is 1. The first-order valence-electron chi connectivity index (χ1n) is 11.8. The quantitative estimate of drug-likeness (QED) is 0.174. The van der Waals surface area contributed by atoms with E-state index in [1.807, 2.05) is 0 Å². The molecule has 1 heterocycles. The first-order chi connectivity index (χ1) is 17.7. The molecule has 10 heteroatoms. The average Bonchev–Trinajstić information content (AvgIpc) is 2.86. The van der Waals surface area contributed by atoms with Gasteiger partial charge in [-0.3, -0.25) is 14.4 Å². The molecule has 0 spiro atoms. The fourth-order valence-electron chi connectivity index (χ4n) is 3.56. The molecule has 1 amide bonds. The van der Waals surface area contributed by atoms with Crippen LogP contribution in [0.5, 0.6) is 0 Å². The van der Waals surface area contributed by atoms with Crippen LogP contribution >= 0.6 is 11.6 Å². The van der Waals surface area contributed by atoms with Gasteiger partial charge in [0, 0.05) is 36.2 Å². The Morgan fingerprint density at radius 2 is 1.82 bits per heavy atom. The maximum Gasteiger partial charge on any atom is 1.00 e. The van der Waals surface area contributed by atoms with Gasteiger partial charge in [-0.2, -0.15) is 0 Å². The normalized spacial score (nSPS) is 10.2. The first-order valence-corrected chi connectivity index (χ1v) is 12.1. The van der Waals surface area contributed by atoms with Crippen LogP contribution in [-0.4, -0.2) is 29.3 Å². The number of aromatic nitrogens is 1. The van der Waals surface area contributed by atoms with Gasteiger partial charge in [-0.25, -0.2) is 4.39 Å². The number of ketones is 1. The summed E-state index contributed by atoms with van der Waals surface area (Å²) in [6.07, 6.45) is 4.01. The van der Waals surface area contributed by atoms with Crippen molar-refractivity contribution in [3.05, 3.63) is 80.3 Å². The van der Waals surface area contributed by atoms with Gasteiger partial charge in [-0.15, -0.1) is 0 Å². The second kappa shape index (κ2) is 15.5. The Morgan fingerprint density at radius 3 is 2.53 bits per heavy atom. The van der Waals surface area contributed by atoms with Crippen LogP contribution in [0.15, 0.2) is 47.4 Å². The van der Waals surface area contributed by atoms with E-state index >= 15 is 0 Å². The summed E-state index contributed by atoms with van der Waals surface area (Å²) in [7, 11) is 0. The minimum Gasteiger partial charge on any atom is -1.00 e. The SMILES string of the molecule is CC(=O)CCCCCC(=O)OCC#Cc1cc(F)c2[nH]cc(C(=O)NCc3ccc(Cl)cc3)c(=O)c2c1.[H-].[Na+]. The minimum absolute atomic E-state index is 0. The fourth-order valence-corrected chi connectivity index (χ4v) is 3.68. The molecular formula is C28H27ClFN2NaO5. The molecule has 38 heavy (non-hydrogen) atoms. The third kappa shape index (κ3) is 9.41. The second-order valence-electron chi connectivity index (χ2n) is 8.45. The van der Waals surface area contributed by atoms with Gasteiger partial charge < -0.3 is 21.3 Å². The molecule has 0 aliphatic heterocycles. The third-order valence-electron chi connectivity index (χ3n) is 5.50. The Kier molecular flexibility index (Phi) is 12.7. The number of amides is 1. The Hall–Kier alpha value is -2.96. The maximum absolute atomic E-state index is 14.6. The fraction of sp³-hybridized carbons (Fsp3) is 0.286. The van der Waals surface area contributed by atoms with E-state index in [-0.39, 0.29) is 78.4 Å². The number of benzene rings is 2. The number of carbonyl (C=O) groups is 3. The Balaban J connectivity index is 0.00000380. The monoisotopic (exact) mass is 548 g/mol. The molecule has 2 N–H and O–H groups in total. The molecule has 0 aliphatic rings. The smallest absolute Gasteiger partial charge is 1.00 e. The molecular weight excluding hydrogens is 522 g/mol. The van der Waals surface area contributed by atoms with Crippen molar-refractivity contribution >= 4 is 40.2 Å². The van der Waals surface area contributed by atoms with Gasteiger partial charge in [0.25, 0.3) is 5.91 Å². The number of carbonyl (C=O) groups excluding carboxylic acids is 3. The number of nitrogens with one attached hydrogen (secondary N) is 2. The largest absolute Gasteiger partial charge is 1.00 e.